The third-order valence-corrected chi connectivity index (χ3v) is 2.57. The highest BCUT2D eigenvalue weighted by Gasteiger charge is 2.08. The molecule has 11 heavy (non-hydrogen) atoms. The molecular formula is C10H23N. The van der Waals surface area contributed by atoms with E-state index in [9.17, 15) is 0 Å². The minimum atomic E-state index is 0.673. The van der Waals surface area contributed by atoms with Gasteiger partial charge in [0.25, 0.3) is 0 Å². The molecule has 1 nitrogen and oxygen atoms in total. The Morgan fingerprint density at radius 3 is 2.27 bits per heavy atom. The highest BCUT2D eigenvalue weighted by atomic mass is 14.9. The summed E-state index contributed by atoms with van der Waals surface area (Å²) in [5.74, 6) is 0.826. The first-order valence-electron chi connectivity index (χ1n) is 4.89. The van der Waals surface area contributed by atoms with Gasteiger partial charge in [0.05, 0.1) is 0 Å². The van der Waals surface area contributed by atoms with Crippen LogP contribution in [-0.2, 0) is 0 Å². The predicted molar refractivity (Wildman–Crippen MR) is 51.8 cm³/mol. The fourth-order valence-electron chi connectivity index (χ4n) is 1.25. The maximum Gasteiger partial charge on any atom is 0.00613 e. The van der Waals surface area contributed by atoms with Gasteiger partial charge in [0.15, 0.2) is 0 Å². The monoisotopic (exact) mass is 157 g/mol. The molecule has 1 heteroatoms. The van der Waals surface area contributed by atoms with Gasteiger partial charge < -0.3 is 5.32 Å². The first-order chi connectivity index (χ1) is 5.22. The maximum atomic E-state index is 3.29. The number of hydrogen-bond donors (Lipinski definition) is 1. The Balaban J connectivity index is 3.28. The second kappa shape index (κ2) is 6.66. The van der Waals surface area contributed by atoms with Crippen molar-refractivity contribution in [3.63, 3.8) is 0 Å². The largest absolute Gasteiger partial charge is 0.317 e. The molecule has 0 aromatic rings. The summed E-state index contributed by atoms with van der Waals surface area (Å²) in [5.41, 5.74) is 0. The van der Waals surface area contributed by atoms with E-state index in [2.05, 4.69) is 26.1 Å². The summed E-state index contributed by atoms with van der Waals surface area (Å²) in [6.45, 7) is 6.85. The molecule has 1 unspecified atom stereocenters. The summed E-state index contributed by atoms with van der Waals surface area (Å²) in [5, 5.41) is 3.29. The highest BCUT2D eigenvalue weighted by molar-refractivity contribution is 4.65. The molecule has 0 heterocycles. The third kappa shape index (κ3) is 5.25. The highest BCUT2D eigenvalue weighted by Crippen LogP contribution is 2.12. The van der Waals surface area contributed by atoms with Crippen LogP contribution < -0.4 is 5.32 Å². The first-order valence-corrected chi connectivity index (χ1v) is 4.89. The smallest absolute Gasteiger partial charge is 0.00613 e. The van der Waals surface area contributed by atoms with E-state index in [1.165, 1.54) is 25.7 Å². The van der Waals surface area contributed by atoms with Gasteiger partial charge in [0.1, 0.15) is 0 Å². The van der Waals surface area contributed by atoms with Crippen molar-refractivity contribution in [2.24, 2.45) is 5.92 Å². The summed E-state index contributed by atoms with van der Waals surface area (Å²) in [6, 6.07) is 0.673. The van der Waals surface area contributed by atoms with E-state index in [0.29, 0.717) is 6.04 Å². The van der Waals surface area contributed by atoms with Crippen LogP contribution in [0.25, 0.3) is 0 Å². The van der Waals surface area contributed by atoms with Gasteiger partial charge in [-0.3, -0.25) is 0 Å². The van der Waals surface area contributed by atoms with E-state index >= 15 is 0 Å². The molecule has 0 spiro atoms. The van der Waals surface area contributed by atoms with Crippen LogP contribution in [0.5, 0.6) is 0 Å². The topological polar surface area (TPSA) is 12.0 Å². The van der Waals surface area contributed by atoms with Crippen LogP contribution in [0, 0.1) is 5.92 Å². The molecule has 0 aliphatic carbocycles. The van der Waals surface area contributed by atoms with Gasteiger partial charge in [-0.1, -0.05) is 33.1 Å². The van der Waals surface area contributed by atoms with Gasteiger partial charge in [-0.05, 0) is 26.3 Å². The lowest BCUT2D eigenvalue weighted by Gasteiger charge is -2.18. The van der Waals surface area contributed by atoms with Gasteiger partial charge in [-0.15, -0.1) is 0 Å². The molecule has 0 aromatic heterocycles. The van der Waals surface area contributed by atoms with Gasteiger partial charge in [-0.25, -0.2) is 0 Å². The average molecular weight is 157 g/mol. The predicted octanol–water partition coefficient (Wildman–Crippen LogP) is 2.81. The Morgan fingerprint density at radius 2 is 1.82 bits per heavy atom. The van der Waals surface area contributed by atoms with E-state index in [1.807, 2.05) is 7.05 Å². The Labute approximate surface area is 71.6 Å². The summed E-state index contributed by atoms with van der Waals surface area (Å²) in [6.07, 6.45) is 5.49. The average Bonchev–Trinajstić information content (AvgIpc) is 2.03. The SMILES string of the molecule is CCCCCC(C)[C@@H](C)NC. The zero-order valence-electron chi connectivity index (χ0n) is 8.48. The summed E-state index contributed by atoms with van der Waals surface area (Å²) >= 11 is 0. The van der Waals surface area contributed by atoms with Gasteiger partial charge in [0.2, 0.25) is 0 Å². The molecular weight excluding hydrogens is 134 g/mol. The third-order valence-electron chi connectivity index (χ3n) is 2.57. The van der Waals surface area contributed by atoms with Gasteiger partial charge in [-0.2, -0.15) is 0 Å². The van der Waals surface area contributed by atoms with Gasteiger partial charge in [0, 0.05) is 6.04 Å². The lowest BCUT2D eigenvalue weighted by molar-refractivity contribution is 0.386. The number of nitrogens with one attached hydrogen (secondary N) is 1. The van der Waals surface area contributed by atoms with Crippen molar-refractivity contribution in [2.75, 3.05) is 7.05 Å². The van der Waals surface area contributed by atoms with Crippen LogP contribution >= 0.6 is 0 Å². The van der Waals surface area contributed by atoms with E-state index in [-0.39, 0.29) is 0 Å². The molecule has 0 radical (unpaired) electrons. The zero-order valence-corrected chi connectivity index (χ0v) is 8.48. The molecule has 0 fully saturated rings. The molecule has 0 aliphatic rings. The fraction of sp³-hybridized carbons (Fsp3) is 1.00. The minimum Gasteiger partial charge on any atom is -0.317 e. The van der Waals surface area contributed by atoms with Crippen molar-refractivity contribution in [3.05, 3.63) is 0 Å². The second-order valence-electron chi connectivity index (χ2n) is 3.55. The molecule has 0 aliphatic heterocycles. The van der Waals surface area contributed by atoms with E-state index in [0.717, 1.165) is 5.92 Å². The number of rotatable bonds is 6. The van der Waals surface area contributed by atoms with E-state index in [1.54, 1.807) is 0 Å². The van der Waals surface area contributed by atoms with Crippen LogP contribution in [0.2, 0.25) is 0 Å². The molecule has 0 rings (SSSR count). The van der Waals surface area contributed by atoms with E-state index < -0.39 is 0 Å². The lowest BCUT2D eigenvalue weighted by Crippen LogP contribution is -2.28. The quantitative estimate of drug-likeness (QED) is 0.585. The second-order valence-corrected chi connectivity index (χ2v) is 3.55. The van der Waals surface area contributed by atoms with Gasteiger partial charge >= 0.3 is 0 Å². The van der Waals surface area contributed by atoms with Crippen LogP contribution in [0.4, 0.5) is 0 Å². The molecule has 0 saturated carbocycles. The van der Waals surface area contributed by atoms with E-state index in [4.69, 9.17) is 0 Å². The molecule has 2 atom stereocenters. The molecule has 0 aromatic carbocycles. The minimum absolute atomic E-state index is 0.673. The molecule has 68 valence electrons. The van der Waals surface area contributed by atoms with Crippen molar-refractivity contribution < 1.29 is 0 Å². The Hall–Kier alpha value is -0.0400. The van der Waals surface area contributed by atoms with Crippen molar-refractivity contribution in [1.82, 2.24) is 5.32 Å². The van der Waals surface area contributed by atoms with Crippen molar-refractivity contribution in [2.45, 2.75) is 52.5 Å². The van der Waals surface area contributed by atoms with Crippen LogP contribution in [-0.4, -0.2) is 13.1 Å². The Kier molecular flexibility index (Phi) is 6.63. The van der Waals surface area contributed by atoms with Crippen molar-refractivity contribution in [3.8, 4) is 0 Å². The summed E-state index contributed by atoms with van der Waals surface area (Å²) < 4.78 is 0. The Morgan fingerprint density at radius 1 is 1.18 bits per heavy atom. The van der Waals surface area contributed by atoms with Crippen LogP contribution in [0.3, 0.4) is 0 Å². The number of hydrogen-bond acceptors (Lipinski definition) is 1. The molecule has 1 N–H and O–H groups in total. The maximum absolute atomic E-state index is 3.29. The summed E-state index contributed by atoms with van der Waals surface area (Å²) in [7, 11) is 2.04. The summed E-state index contributed by atoms with van der Waals surface area (Å²) in [4.78, 5) is 0. The molecule has 0 amide bonds. The van der Waals surface area contributed by atoms with Crippen LogP contribution in [0.1, 0.15) is 46.5 Å². The Bertz CT molecular complexity index is 80.9. The standard InChI is InChI=1S/C10H23N/c1-5-6-7-8-9(2)10(3)11-4/h9-11H,5-8H2,1-4H3/t9?,10-/m1/s1. The normalized spacial score (nSPS) is 16.4. The van der Waals surface area contributed by atoms with Crippen molar-refractivity contribution >= 4 is 0 Å². The number of unbranched alkanes of at least 4 members (excludes halogenated alkanes) is 2. The fourth-order valence-corrected chi connectivity index (χ4v) is 1.25. The lowest BCUT2D eigenvalue weighted by atomic mass is 9.97. The van der Waals surface area contributed by atoms with Crippen molar-refractivity contribution in [1.29, 1.82) is 0 Å². The van der Waals surface area contributed by atoms with Crippen LogP contribution in [0.15, 0.2) is 0 Å². The molecule has 0 saturated heterocycles. The zero-order chi connectivity index (χ0) is 8.69. The molecule has 0 bridgehead atoms. The first kappa shape index (κ1) is 11.0.